The molecule has 0 aliphatic carbocycles. The first kappa shape index (κ1) is 12.8. The Bertz CT molecular complexity index is 471. The number of hydrogen-bond donors (Lipinski definition) is 2. The lowest BCUT2D eigenvalue weighted by Gasteiger charge is -2.11. The molecule has 2 aromatic heterocycles. The predicted molar refractivity (Wildman–Crippen MR) is 75.2 cm³/mol. The number of rotatable bonds is 6. The van der Waals surface area contributed by atoms with Gasteiger partial charge in [0.15, 0.2) is 0 Å². The predicted octanol–water partition coefficient (Wildman–Crippen LogP) is 2.58. The van der Waals surface area contributed by atoms with Gasteiger partial charge in [0.2, 0.25) is 0 Å². The van der Waals surface area contributed by atoms with Gasteiger partial charge in [-0.05, 0) is 6.92 Å². The van der Waals surface area contributed by atoms with E-state index in [-0.39, 0.29) is 0 Å². The van der Waals surface area contributed by atoms with E-state index in [1.807, 2.05) is 18.5 Å². The van der Waals surface area contributed by atoms with Crippen LogP contribution < -0.4 is 10.6 Å². The zero-order valence-electron chi connectivity index (χ0n) is 10.6. The zero-order valence-corrected chi connectivity index (χ0v) is 11.4. The maximum Gasteiger partial charge on any atom is 0.146 e. The monoisotopic (exact) mass is 263 g/mol. The fourth-order valence-corrected chi connectivity index (χ4v) is 2.24. The lowest BCUT2D eigenvalue weighted by Crippen LogP contribution is -2.11. The van der Waals surface area contributed by atoms with E-state index >= 15 is 0 Å². The van der Waals surface area contributed by atoms with Gasteiger partial charge in [0, 0.05) is 30.6 Å². The summed E-state index contributed by atoms with van der Waals surface area (Å²) < 4.78 is 0. The van der Waals surface area contributed by atoms with E-state index in [4.69, 9.17) is 0 Å². The van der Waals surface area contributed by atoms with E-state index in [0.717, 1.165) is 29.7 Å². The molecule has 0 aromatic carbocycles. The van der Waals surface area contributed by atoms with Crippen LogP contribution in [0.1, 0.15) is 24.8 Å². The van der Waals surface area contributed by atoms with Crippen molar-refractivity contribution in [1.82, 2.24) is 15.0 Å². The first-order chi connectivity index (χ1) is 8.79. The van der Waals surface area contributed by atoms with Gasteiger partial charge in [-0.3, -0.25) is 4.98 Å². The molecule has 0 aliphatic heterocycles. The third-order valence-corrected chi connectivity index (χ3v) is 3.46. The van der Waals surface area contributed by atoms with E-state index in [9.17, 15) is 0 Å². The molecular weight excluding hydrogens is 246 g/mol. The van der Waals surface area contributed by atoms with E-state index < -0.39 is 0 Å². The molecule has 6 heteroatoms. The van der Waals surface area contributed by atoms with Crippen LogP contribution in [0.15, 0.2) is 24.0 Å². The number of anilines is 2. The van der Waals surface area contributed by atoms with Gasteiger partial charge in [0.1, 0.15) is 11.6 Å². The van der Waals surface area contributed by atoms with Crippen LogP contribution in [0.4, 0.5) is 11.6 Å². The van der Waals surface area contributed by atoms with Gasteiger partial charge in [-0.2, -0.15) is 0 Å². The fourth-order valence-electron chi connectivity index (χ4n) is 1.54. The molecule has 0 radical (unpaired) electrons. The molecule has 1 atom stereocenters. The van der Waals surface area contributed by atoms with Gasteiger partial charge in [0.25, 0.3) is 0 Å². The Morgan fingerprint density at radius 1 is 1.28 bits per heavy atom. The summed E-state index contributed by atoms with van der Waals surface area (Å²) in [6, 6.07) is 0. The largest absolute Gasteiger partial charge is 0.369 e. The van der Waals surface area contributed by atoms with Crippen LogP contribution in [0.3, 0.4) is 0 Å². The topological polar surface area (TPSA) is 62.7 Å². The molecule has 0 saturated carbocycles. The molecule has 2 N–H and O–H groups in total. The van der Waals surface area contributed by atoms with Crippen LogP contribution in [0.2, 0.25) is 0 Å². The van der Waals surface area contributed by atoms with Crippen molar-refractivity contribution in [2.24, 2.45) is 0 Å². The highest BCUT2D eigenvalue weighted by Crippen LogP contribution is 2.18. The molecule has 2 heterocycles. The fraction of sp³-hybridized carbons (Fsp3) is 0.417. The second-order valence-corrected chi connectivity index (χ2v) is 4.90. The highest BCUT2D eigenvalue weighted by atomic mass is 32.1. The summed E-state index contributed by atoms with van der Waals surface area (Å²) in [7, 11) is 0. The first-order valence-electron chi connectivity index (χ1n) is 5.98. The Hall–Kier alpha value is -1.69. The maximum absolute atomic E-state index is 4.41. The van der Waals surface area contributed by atoms with Crippen molar-refractivity contribution in [2.45, 2.75) is 19.8 Å². The zero-order chi connectivity index (χ0) is 12.8. The van der Waals surface area contributed by atoms with Crippen LogP contribution in [0.25, 0.3) is 0 Å². The number of thiazole rings is 1. The molecule has 96 valence electrons. The van der Waals surface area contributed by atoms with Crippen LogP contribution >= 0.6 is 11.3 Å². The molecule has 0 fully saturated rings. The minimum Gasteiger partial charge on any atom is -0.369 e. The molecule has 0 spiro atoms. The van der Waals surface area contributed by atoms with Crippen molar-refractivity contribution in [3.63, 3.8) is 0 Å². The van der Waals surface area contributed by atoms with Gasteiger partial charge in [-0.15, -0.1) is 11.3 Å². The minimum atomic E-state index is 0.370. The number of nitrogens with zero attached hydrogens (tertiary/aromatic N) is 3. The van der Waals surface area contributed by atoms with Crippen molar-refractivity contribution < 1.29 is 0 Å². The van der Waals surface area contributed by atoms with Gasteiger partial charge in [-0.25, -0.2) is 9.97 Å². The highest BCUT2D eigenvalue weighted by molar-refractivity contribution is 7.09. The summed E-state index contributed by atoms with van der Waals surface area (Å²) in [6.07, 6.45) is 5.29. The Labute approximate surface area is 111 Å². The molecule has 0 saturated heterocycles. The van der Waals surface area contributed by atoms with Gasteiger partial charge >= 0.3 is 0 Å². The summed E-state index contributed by atoms with van der Waals surface area (Å²) in [6.45, 7) is 5.82. The molecule has 2 rings (SSSR count). The average molecular weight is 263 g/mol. The minimum absolute atomic E-state index is 0.370. The van der Waals surface area contributed by atoms with Crippen molar-refractivity contribution >= 4 is 23.0 Å². The third kappa shape index (κ3) is 3.40. The second-order valence-electron chi connectivity index (χ2n) is 3.97. The summed E-state index contributed by atoms with van der Waals surface area (Å²) in [5.41, 5.74) is 0. The normalized spacial score (nSPS) is 12.1. The molecular formula is C12H17N5S. The van der Waals surface area contributed by atoms with E-state index in [0.29, 0.717) is 5.92 Å². The molecule has 0 aliphatic rings. The molecule has 5 nitrogen and oxygen atoms in total. The quantitative estimate of drug-likeness (QED) is 0.838. The molecule has 0 amide bonds. The average Bonchev–Trinajstić information content (AvgIpc) is 2.91. The van der Waals surface area contributed by atoms with Gasteiger partial charge in [0.05, 0.1) is 17.4 Å². The second kappa shape index (κ2) is 6.30. The maximum atomic E-state index is 4.41. The van der Waals surface area contributed by atoms with Crippen molar-refractivity contribution in [2.75, 3.05) is 23.7 Å². The smallest absolute Gasteiger partial charge is 0.146 e. The number of hydrogen-bond acceptors (Lipinski definition) is 6. The van der Waals surface area contributed by atoms with Crippen molar-refractivity contribution in [3.05, 3.63) is 29.0 Å². The standard InChI is InChI=1S/C12H17N5S/c1-3-14-10-7-13-8-11(17-10)16-6-9(2)12-15-4-5-18-12/h4-5,7-9H,3,6H2,1-2H3,(H2,14,16,17). The summed E-state index contributed by atoms with van der Waals surface area (Å²) in [5, 5.41) is 9.56. The summed E-state index contributed by atoms with van der Waals surface area (Å²) >= 11 is 1.68. The number of aromatic nitrogens is 3. The van der Waals surface area contributed by atoms with E-state index in [2.05, 4.69) is 32.5 Å². The van der Waals surface area contributed by atoms with Crippen LogP contribution in [0.5, 0.6) is 0 Å². The Balaban J connectivity index is 1.91. The van der Waals surface area contributed by atoms with Crippen molar-refractivity contribution in [3.8, 4) is 0 Å². The Kier molecular flexibility index (Phi) is 4.46. The first-order valence-corrected chi connectivity index (χ1v) is 6.86. The highest BCUT2D eigenvalue weighted by Gasteiger charge is 2.08. The summed E-state index contributed by atoms with van der Waals surface area (Å²) in [4.78, 5) is 12.9. The SMILES string of the molecule is CCNc1cncc(NCC(C)c2nccs2)n1. The Morgan fingerprint density at radius 2 is 2.06 bits per heavy atom. The van der Waals surface area contributed by atoms with Crippen LogP contribution in [-0.2, 0) is 0 Å². The molecule has 2 aromatic rings. The van der Waals surface area contributed by atoms with Crippen LogP contribution in [0, 0.1) is 0 Å². The lowest BCUT2D eigenvalue weighted by atomic mass is 10.2. The Morgan fingerprint density at radius 3 is 2.72 bits per heavy atom. The van der Waals surface area contributed by atoms with Gasteiger partial charge in [-0.1, -0.05) is 6.92 Å². The van der Waals surface area contributed by atoms with Crippen molar-refractivity contribution in [1.29, 1.82) is 0 Å². The molecule has 1 unspecified atom stereocenters. The lowest BCUT2D eigenvalue weighted by molar-refractivity contribution is 0.791. The molecule has 18 heavy (non-hydrogen) atoms. The summed E-state index contributed by atoms with van der Waals surface area (Å²) in [5.74, 6) is 1.95. The third-order valence-electron chi connectivity index (χ3n) is 2.45. The van der Waals surface area contributed by atoms with E-state index in [1.54, 1.807) is 23.7 Å². The van der Waals surface area contributed by atoms with Gasteiger partial charge < -0.3 is 10.6 Å². The van der Waals surface area contributed by atoms with Crippen LogP contribution in [-0.4, -0.2) is 28.0 Å². The molecule has 0 bridgehead atoms. The van der Waals surface area contributed by atoms with E-state index in [1.165, 1.54) is 0 Å². The number of nitrogens with one attached hydrogen (secondary N) is 2.